The van der Waals surface area contributed by atoms with E-state index in [1.165, 1.54) is 74.5 Å². The second-order valence-electron chi connectivity index (χ2n) is 8.34. The molecule has 1 aromatic carbocycles. The predicted molar refractivity (Wildman–Crippen MR) is 119 cm³/mol. The summed E-state index contributed by atoms with van der Waals surface area (Å²) in [5.74, 6) is 1.75. The van der Waals surface area contributed by atoms with E-state index in [4.69, 9.17) is 0 Å². The van der Waals surface area contributed by atoms with Crippen molar-refractivity contribution in [3.63, 3.8) is 0 Å². The third-order valence-electron chi connectivity index (χ3n) is 5.81. The highest BCUT2D eigenvalue weighted by Crippen LogP contribution is 2.26. The van der Waals surface area contributed by atoms with Crippen LogP contribution in [0, 0.1) is 25.7 Å². The van der Waals surface area contributed by atoms with Crippen LogP contribution in [0.2, 0.25) is 0 Å². The predicted octanol–water partition coefficient (Wildman–Crippen LogP) is 8.37. The first-order valence-corrected chi connectivity index (χ1v) is 10.8. The van der Waals surface area contributed by atoms with Crippen LogP contribution in [0.1, 0.15) is 88.8 Å². The maximum absolute atomic E-state index is 3.84. The number of unbranched alkanes of at least 4 members (excludes halogenated alkanes) is 1. The lowest BCUT2D eigenvalue weighted by molar-refractivity contribution is 0.328. The van der Waals surface area contributed by atoms with Gasteiger partial charge in [0.1, 0.15) is 0 Å². The van der Waals surface area contributed by atoms with Gasteiger partial charge in [0.25, 0.3) is 0 Å². The van der Waals surface area contributed by atoms with E-state index in [2.05, 4.69) is 65.5 Å². The van der Waals surface area contributed by atoms with Crippen molar-refractivity contribution in [2.45, 2.75) is 92.4 Å². The third-order valence-corrected chi connectivity index (χ3v) is 5.81. The lowest BCUT2D eigenvalue weighted by Gasteiger charge is -2.20. The Balaban J connectivity index is 2.37. The molecule has 146 valence electrons. The largest absolute Gasteiger partial charge is 0.0988 e. The van der Waals surface area contributed by atoms with Crippen LogP contribution in [0.25, 0.3) is 0 Å². The third kappa shape index (κ3) is 8.88. The fourth-order valence-electron chi connectivity index (χ4n) is 4.13. The minimum atomic E-state index is 0.832. The van der Waals surface area contributed by atoms with Crippen molar-refractivity contribution in [3.8, 4) is 0 Å². The van der Waals surface area contributed by atoms with Crippen LogP contribution in [-0.2, 0) is 6.42 Å². The zero-order valence-electron chi connectivity index (χ0n) is 18.1. The number of hydrogen-bond donors (Lipinski definition) is 0. The fraction of sp³-hybridized carbons (Fsp3) is 0.615. The zero-order chi connectivity index (χ0) is 19.4. The van der Waals surface area contributed by atoms with Crippen molar-refractivity contribution < 1.29 is 0 Å². The Morgan fingerprint density at radius 2 is 1.77 bits per heavy atom. The normalized spacial score (nSPS) is 14.3. The molecule has 0 aliphatic rings. The average molecular weight is 355 g/mol. The molecule has 2 unspecified atom stereocenters. The molecule has 0 saturated heterocycles. The van der Waals surface area contributed by atoms with Gasteiger partial charge in [0.05, 0.1) is 0 Å². The lowest BCUT2D eigenvalue weighted by Crippen LogP contribution is -2.07. The minimum Gasteiger partial charge on any atom is -0.0988 e. The molecule has 1 rings (SSSR count). The Labute approximate surface area is 163 Å². The van der Waals surface area contributed by atoms with E-state index in [0.29, 0.717) is 0 Å². The van der Waals surface area contributed by atoms with Gasteiger partial charge >= 0.3 is 0 Å². The van der Waals surface area contributed by atoms with E-state index in [1.54, 1.807) is 5.56 Å². The Morgan fingerprint density at radius 1 is 1.08 bits per heavy atom. The molecule has 1 aromatic rings. The first-order chi connectivity index (χ1) is 12.5. The Kier molecular flexibility index (Phi) is 11.3. The quantitative estimate of drug-likeness (QED) is 0.246. The highest BCUT2D eigenvalue weighted by molar-refractivity contribution is 5.33. The molecule has 0 aliphatic carbocycles. The number of rotatable bonds is 13. The van der Waals surface area contributed by atoms with Crippen LogP contribution in [0.15, 0.2) is 42.5 Å². The van der Waals surface area contributed by atoms with E-state index < -0.39 is 0 Å². The molecule has 26 heavy (non-hydrogen) atoms. The SMILES string of the molecule is C=CC(C)=CCCC(C)CC(CCC)CCCCc1c(C)cccc1C. The number of hydrogen-bond acceptors (Lipinski definition) is 0. The molecule has 2 atom stereocenters. The molecule has 0 saturated carbocycles. The van der Waals surface area contributed by atoms with Crippen LogP contribution >= 0.6 is 0 Å². The van der Waals surface area contributed by atoms with Gasteiger partial charge in [0.15, 0.2) is 0 Å². The second-order valence-corrected chi connectivity index (χ2v) is 8.34. The van der Waals surface area contributed by atoms with Gasteiger partial charge in [-0.15, -0.1) is 0 Å². The van der Waals surface area contributed by atoms with Crippen LogP contribution < -0.4 is 0 Å². The molecular weight excluding hydrogens is 312 g/mol. The minimum absolute atomic E-state index is 0.832. The topological polar surface area (TPSA) is 0 Å². The number of benzene rings is 1. The van der Waals surface area contributed by atoms with Crippen LogP contribution in [0.4, 0.5) is 0 Å². The number of allylic oxidation sites excluding steroid dienone is 3. The molecule has 0 aliphatic heterocycles. The Bertz CT molecular complexity index is 529. The van der Waals surface area contributed by atoms with Gasteiger partial charge in [-0.2, -0.15) is 0 Å². The van der Waals surface area contributed by atoms with E-state index in [1.807, 2.05) is 6.08 Å². The Morgan fingerprint density at radius 3 is 2.38 bits per heavy atom. The number of aryl methyl sites for hydroxylation is 2. The maximum atomic E-state index is 3.84. The van der Waals surface area contributed by atoms with Gasteiger partial charge in [0.2, 0.25) is 0 Å². The summed E-state index contributed by atoms with van der Waals surface area (Å²) in [6, 6.07) is 6.69. The van der Waals surface area contributed by atoms with Gasteiger partial charge in [-0.1, -0.05) is 82.0 Å². The van der Waals surface area contributed by atoms with Crippen molar-refractivity contribution in [1.29, 1.82) is 0 Å². The average Bonchev–Trinajstić information content (AvgIpc) is 2.60. The molecule has 0 nitrogen and oxygen atoms in total. The molecule has 0 heteroatoms. The van der Waals surface area contributed by atoms with Crippen molar-refractivity contribution in [2.24, 2.45) is 11.8 Å². The van der Waals surface area contributed by atoms with Crippen molar-refractivity contribution in [1.82, 2.24) is 0 Å². The second kappa shape index (κ2) is 13.0. The smallest absolute Gasteiger partial charge is 0.0274 e. The summed E-state index contributed by atoms with van der Waals surface area (Å²) in [6.45, 7) is 15.3. The summed E-state index contributed by atoms with van der Waals surface area (Å²) >= 11 is 0. The van der Waals surface area contributed by atoms with Gasteiger partial charge in [-0.3, -0.25) is 0 Å². The molecule has 0 amide bonds. The van der Waals surface area contributed by atoms with Crippen LogP contribution in [-0.4, -0.2) is 0 Å². The highest BCUT2D eigenvalue weighted by atomic mass is 14.2. The summed E-state index contributed by atoms with van der Waals surface area (Å²) < 4.78 is 0. The zero-order valence-corrected chi connectivity index (χ0v) is 18.1. The van der Waals surface area contributed by atoms with Crippen molar-refractivity contribution in [2.75, 3.05) is 0 Å². The molecule has 0 spiro atoms. The first-order valence-electron chi connectivity index (χ1n) is 10.8. The molecule has 0 radical (unpaired) electrons. The summed E-state index contributed by atoms with van der Waals surface area (Å²) in [5, 5.41) is 0. The molecule has 0 N–H and O–H groups in total. The first kappa shape index (κ1) is 22.7. The van der Waals surface area contributed by atoms with Gasteiger partial charge in [0, 0.05) is 0 Å². The Hall–Kier alpha value is -1.30. The maximum Gasteiger partial charge on any atom is -0.0274 e. The van der Waals surface area contributed by atoms with E-state index in [-0.39, 0.29) is 0 Å². The molecule has 0 aromatic heterocycles. The van der Waals surface area contributed by atoms with Gasteiger partial charge < -0.3 is 0 Å². The summed E-state index contributed by atoms with van der Waals surface area (Å²) in [7, 11) is 0. The van der Waals surface area contributed by atoms with E-state index in [9.17, 15) is 0 Å². The molecular formula is C26H42. The molecule has 0 fully saturated rings. The van der Waals surface area contributed by atoms with Crippen LogP contribution in [0.5, 0.6) is 0 Å². The van der Waals surface area contributed by atoms with Crippen molar-refractivity contribution >= 4 is 0 Å². The van der Waals surface area contributed by atoms with E-state index >= 15 is 0 Å². The summed E-state index contributed by atoms with van der Waals surface area (Å²) in [5.41, 5.74) is 5.82. The highest BCUT2D eigenvalue weighted by Gasteiger charge is 2.12. The fourth-order valence-corrected chi connectivity index (χ4v) is 4.13. The molecule has 0 bridgehead atoms. The standard InChI is InChI=1S/C26H42/c1-7-13-25(20-22(4)15-11-14-21(3)8-2)18-9-10-19-26-23(5)16-12-17-24(26)6/h8,12,14,16-17,22,25H,2,7,9-11,13,15,18-20H2,1,3-6H3. The molecule has 0 heterocycles. The van der Waals surface area contributed by atoms with Gasteiger partial charge in [-0.25, -0.2) is 0 Å². The summed E-state index contributed by atoms with van der Waals surface area (Å²) in [4.78, 5) is 0. The van der Waals surface area contributed by atoms with E-state index in [0.717, 1.165) is 11.8 Å². The van der Waals surface area contributed by atoms with Crippen LogP contribution in [0.3, 0.4) is 0 Å². The monoisotopic (exact) mass is 354 g/mol. The summed E-state index contributed by atoms with van der Waals surface area (Å²) in [6.07, 6.45) is 16.3. The van der Waals surface area contributed by atoms with Gasteiger partial charge in [-0.05, 0) is 81.4 Å². The van der Waals surface area contributed by atoms with Crippen molar-refractivity contribution in [3.05, 3.63) is 59.2 Å². The lowest BCUT2D eigenvalue weighted by atomic mass is 9.85.